The first kappa shape index (κ1) is 13.1. The van der Waals surface area contributed by atoms with Crippen molar-refractivity contribution in [2.75, 3.05) is 5.32 Å². The molecular formula is C10H13Cl2N3OS. The van der Waals surface area contributed by atoms with Crippen LogP contribution in [0.2, 0.25) is 0 Å². The minimum Gasteiger partial charge on any atom is -0.300 e. The Morgan fingerprint density at radius 3 is 2.71 bits per heavy atom. The Balaban J connectivity index is 1.99. The molecule has 7 heteroatoms. The van der Waals surface area contributed by atoms with Gasteiger partial charge in [-0.25, -0.2) is 0 Å². The zero-order valence-electron chi connectivity index (χ0n) is 9.59. The second kappa shape index (κ2) is 4.37. The van der Waals surface area contributed by atoms with Crippen molar-refractivity contribution in [3.05, 3.63) is 5.01 Å². The summed E-state index contributed by atoms with van der Waals surface area (Å²) in [5.41, 5.74) is -0.716. The quantitative estimate of drug-likeness (QED) is 0.868. The molecule has 2 rings (SSSR count). The molecule has 0 aliphatic heterocycles. The topological polar surface area (TPSA) is 54.9 Å². The number of carbonyl (C=O) groups excluding carboxylic acids is 1. The molecule has 1 fully saturated rings. The van der Waals surface area contributed by atoms with Crippen molar-refractivity contribution in [2.45, 2.75) is 37.4 Å². The summed E-state index contributed by atoms with van der Waals surface area (Å²) in [6, 6.07) is 0. The fourth-order valence-corrected chi connectivity index (χ4v) is 3.04. The molecule has 17 heavy (non-hydrogen) atoms. The van der Waals surface area contributed by atoms with Gasteiger partial charge in [0.1, 0.15) is 9.34 Å². The Morgan fingerprint density at radius 2 is 2.18 bits per heavy atom. The fourth-order valence-electron chi connectivity index (χ4n) is 1.50. The number of halogens is 2. The Kier molecular flexibility index (Phi) is 3.36. The second-order valence-corrected chi connectivity index (χ2v) is 6.96. The van der Waals surface area contributed by atoms with Gasteiger partial charge in [0, 0.05) is 6.42 Å². The lowest BCUT2D eigenvalue weighted by Crippen LogP contribution is -2.25. The van der Waals surface area contributed by atoms with E-state index in [9.17, 15) is 4.79 Å². The van der Waals surface area contributed by atoms with Gasteiger partial charge in [-0.2, -0.15) is 0 Å². The molecule has 0 bridgehead atoms. The van der Waals surface area contributed by atoms with Crippen LogP contribution in [0.3, 0.4) is 0 Å². The Labute approximate surface area is 114 Å². The monoisotopic (exact) mass is 293 g/mol. The van der Waals surface area contributed by atoms with Gasteiger partial charge in [0.05, 0.1) is 5.41 Å². The number of hydrogen-bond donors (Lipinski definition) is 1. The number of nitrogens with one attached hydrogen (secondary N) is 1. The van der Waals surface area contributed by atoms with E-state index in [0.29, 0.717) is 11.6 Å². The third kappa shape index (κ3) is 2.41. The third-order valence-corrected chi connectivity index (χ3v) is 4.91. The van der Waals surface area contributed by atoms with E-state index in [1.165, 1.54) is 11.3 Å². The van der Waals surface area contributed by atoms with Gasteiger partial charge in [-0.15, -0.1) is 33.4 Å². The van der Waals surface area contributed by atoms with Gasteiger partial charge in [-0.3, -0.25) is 10.1 Å². The predicted molar refractivity (Wildman–Crippen MR) is 69.7 cm³/mol. The van der Waals surface area contributed by atoms with Crippen molar-refractivity contribution in [2.24, 2.45) is 5.41 Å². The first-order valence-electron chi connectivity index (χ1n) is 5.41. The molecule has 1 amide bonds. The van der Waals surface area contributed by atoms with E-state index in [4.69, 9.17) is 23.2 Å². The molecule has 1 atom stereocenters. The molecule has 1 aromatic rings. The highest BCUT2D eigenvalue weighted by Gasteiger charge is 2.68. The summed E-state index contributed by atoms with van der Waals surface area (Å²) in [6.07, 6.45) is 2.35. The maximum absolute atomic E-state index is 11.9. The highest BCUT2D eigenvalue weighted by atomic mass is 35.5. The molecular weight excluding hydrogens is 281 g/mol. The molecule has 0 radical (unpaired) electrons. The molecule has 1 saturated carbocycles. The lowest BCUT2D eigenvalue weighted by atomic mass is 10.1. The first-order chi connectivity index (χ1) is 7.89. The van der Waals surface area contributed by atoms with Crippen LogP contribution in [0.5, 0.6) is 0 Å². The lowest BCUT2D eigenvalue weighted by molar-refractivity contribution is -0.120. The number of amides is 1. The number of rotatable bonds is 4. The maximum Gasteiger partial charge on any atom is 0.235 e. The SMILES string of the molecule is CCCc1nnc(NC(=O)C2(C)CC2(Cl)Cl)s1. The normalized spacial score (nSPS) is 25.6. The van der Waals surface area contributed by atoms with Crippen LogP contribution < -0.4 is 5.32 Å². The van der Waals surface area contributed by atoms with Crippen molar-refractivity contribution < 1.29 is 4.79 Å². The molecule has 1 N–H and O–H groups in total. The van der Waals surface area contributed by atoms with Crippen molar-refractivity contribution in [3.8, 4) is 0 Å². The molecule has 1 heterocycles. The number of anilines is 1. The third-order valence-electron chi connectivity index (χ3n) is 2.91. The molecule has 1 aliphatic rings. The van der Waals surface area contributed by atoms with E-state index in [2.05, 4.69) is 22.4 Å². The van der Waals surface area contributed by atoms with Crippen LogP contribution in [0.1, 0.15) is 31.7 Å². The highest BCUT2D eigenvalue weighted by Crippen LogP contribution is 2.64. The van der Waals surface area contributed by atoms with Crippen molar-refractivity contribution >= 4 is 45.6 Å². The van der Waals surface area contributed by atoms with E-state index >= 15 is 0 Å². The molecule has 1 aliphatic carbocycles. The molecule has 1 aromatic heterocycles. The predicted octanol–water partition coefficient (Wildman–Crippen LogP) is 3.01. The van der Waals surface area contributed by atoms with E-state index < -0.39 is 9.75 Å². The number of carbonyl (C=O) groups is 1. The summed E-state index contributed by atoms with van der Waals surface area (Å²) in [4.78, 5) is 11.9. The molecule has 0 spiro atoms. The zero-order chi connectivity index (χ0) is 12.7. The van der Waals surface area contributed by atoms with Crippen LogP contribution in [0.4, 0.5) is 5.13 Å². The lowest BCUT2D eigenvalue weighted by Gasteiger charge is -2.09. The van der Waals surface area contributed by atoms with E-state index in [-0.39, 0.29) is 5.91 Å². The average Bonchev–Trinajstić information content (AvgIpc) is 2.61. The van der Waals surface area contributed by atoms with Crippen LogP contribution in [0, 0.1) is 5.41 Å². The Hall–Kier alpha value is -0.390. The van der Waals surface area contributed by atoms with E-state index in [0.717, 1.165) is 17.8 Å². The Morgan fingerprint density at radius 1 is 1.53 bits per heavy atom. The van der Waals surface area contributed by atoms with E-state index in [1.54, 1.807) is 6.92 Å². The smallest absolute Gasteiger partial charge is 0.235 e. The molecule has 4 nitrogen and oxygen atoms in total. The largest absolute Gasteiger partial charge is 0.300 e. The average molecular weight is 294 g/mol. The van der Waals surface area contributed by atoms with Gasteiger partial charge in [-0.1, -0.05) is 18.3 Å². The first-order valence-corrected chi connectivity index (χ1v) is 6.98. The van der Waals surface area contributed by atoms with Crippen LogP contribution in [0.25, 0.3) is 0 Å². The van der Waals surface area contributed by atoms with Gasteiger partial charge in [0.25, 0.3) is 0 Å². The standard InChI is InChI=1S/C10H13Cl2N3OS/c1-3-4-6-14-15-8(17-6)13-7(16)9(2)5-10(9,11)12/h3-5H2,1-2H3,(H,13,15,16). The van der Waals surface area contributed by atoms with Gasteiger partial charge in [0.2, 0.25) is 11.0 Å². The highest BCUT2D eigenvalue weighted by molar-refractivity contribution is 7.15. The van der Waals surface area contributed by atoms with Crippen molar-refractivity contribution in [3.63, 3.8) is 0 Å². The van der Waals surface area contributed by atoms with Crippen LogP contribution in [0.15, 0.2) is 0 Å². The number of hydrogen-bond acceptors (Lipinski definition) is 4. The van der Waals surface area contributed by atoms with Gasteiger partial charge >= 0.3 is 0 Å². The number of aromatic nitrogens is 2. The molecule has 94 valence electrons. The number of aryl methyl sites for hydroxylation is 1. The number of alkyl halides is 2. The summed E-state index contributed by atoms with van der Waals surface area (Å²) in [5.74, 6) is -0.193. The van der Waals surface area contributed by atoms with Crippen LogP contribution in [-0.2, 0) is 11.2 Å². The van der Waals surface area contributed by atoms with Crippen LogP contribution in [-0.4, -0.2) is 20.4 Å². The van der Waals surface area contributed by atoms with Crippen molar-refractivity contribution in [1.82, 2.24) is 10.2 Å². The molecule has 0 saturated heterocycles. The van der Waals surface area contributed by atoms with Gasteiger partial charge in [0.15, 0.2) is 0 Å². The maximum atomic E-state index is 11.9. The summed E-state index contributed by atoms with van der Waals surface area (Å²) in [6.45, 7) is 3.82. The summed E-state index contributed by atoms with van der Waals surface area (Å²) in [7, 11) is 0. The minimum absolute atomic E-state index is 0.193. The van der Waals surface area contributed by atoms with E-state index in [1.807, 2.05) is 0 Å². The summed E-state index contributed by atoms with van der Waals surface area (Å²) in [5, 5.41) is 12.0. The molecule has 0 aromatic carbocycles. The molecule has 1 unspecified atom stereocenters. The minimum atomic E-state index is -0.950. The van der Waals surface area contributed by atoms with Crippen LogP contribution >= 0.6 is 34.5 Å². The summed E-state index contributed by atoms with van der Waals surface area (Å²) < 4.78 is -0.950. The Bertz CT molecular complexity index is 449. The second-order valence-electron chi connectivity index (χ2n) is 4.42. The zero-order valence-corrected chi connectivity index (χ0v) is 11.9. The number of nitrogens with zero attached hydrogens (tertiary/aromatic N) is 2. The van der Waals surface area contributed by atoms with Gasteiger partial charge < -0.3 is 0 Å². The van der Waals surface area contributed by atoms with Crippen molar-refractivity contribution in [1.29, 1.82) is 0 Å². The van der Waals surface area contributed by atoms with Gasteiger partial charge in [-0.05, 0) is 19.8 Å². The summed E-state index contributed by atoms with van der Waals surface area (Å²) >= 11 is 13.3. The fraction of sp³-hybridized carbons (Fsp3) is 0.700.